The Morgan fingerprint density at radius 3 is 2.11 bits per heavy atom. The summed E-state index contributed by atoms with van der Waals surface area (Å²) in [4.78, 5) is 0.219. The Labute approximate surface area is 109 Å². The quantitative estimate of drug-likeness (QED) is 0.839. The van der Waals surface area contributed by atoms with Gasteiger partial charge in [-0.1, -0.05) is 31.5 Å². The van der Waals surface area contributed by atoms with Crippen LogP contribution in [-0.4, -0.2) is 25.8 Å². The lowest BCUT2D eigenvalue weighted by atomic mass is 10.1. The third-order valence-corrected chi connectivity index (χ3v) is 4.71. The average Bonchev–Trinajstić information content (AvgIpc) is 2.29. The first kappa shape index (κ1) is 14.7. The molecule has 0 radical (unpaired) electrons. The average molecular weight is 266 g/mol. The molecule has 18 heavy (non-hydrogen) atoms. The zero-order valence-electron chi connectivity index (χ0n) is 11.1. The zero-order valence-corrected chi connectivity index (χ0v) is 11.9. The van der Waals surface area contributed by atoms with E-state index < -0.39 is 16.1 Å². The summed E-state index contributed by atoms with van der Waals surface area (Å²) in [6, 6.07) is 8.00. The van der Waals surface area contributed by atoms with Crippen LogP contribution < -0.4 is 0 Å². The van der Waals surface area contributed by atoms with Crippen molar-refractivity contribution in [2.45, 2.75) is 31.7 Å². The minimum absolute atomic E-state index is 0.0553. The topological polar surface area (TPSA) is 61.2 Å². The SMILES string of the molecule is Cc1ccc(S(=O)(=O)N(C)C(C#N)C(C)C)cc1. The Kier molecular flexibility index (Phi) is 4.49. The molecule has 1 atom stereocenters. The van der Waals surface area contributed by atoms with Crippen LogP contribution >= 0.6 is 0 Å². The predicted octanol–water partition coefficient (Wildman–Crippen LogP) is 2.16. The van der Waals surface area contributed by atoms with Gasteiger partial charge in [-0.25, -0.2) is 8.42 Å². The number of benzene rings is 1. The molecular formula is C13H18N2O2S. The Morgan fingerprint density at radius 1 is 1.22 bits per heavy atom. The van der Waals surface area contributed by atoms with Crippen molar-refractivity contribution in [1.82, 2.24) is 4.31 Å². The Morgan fingerprint density at radius 2 is 1.72 bits per heavy atom. The maximum Gasteiger partial charge on any atom is 0.244 e. The fourth-order valence-electron chi connectivity index (χ4n) is 1.68. The van der Waals surface area contributed by atoms with Gasteiger partial charge >= 0.3 is 0 Å². The van der Waals surface area contributed by atoms with Gasteiger partial charge in [-0.05, 0) is 25.0 Å². The molecule has 5 heteroatoms. The molecule has 0 aliphatic heterocycles. The van der Waals surface area contributed by atoms with E-state index in [-0.39, 0.29) is 10.8 Å². The predicted molar refractivity (Wildman–Crippen MR) is 70.4 cm³/mol. The first-order valence-corrected chi connectivity index (χ1v) is 7.19. The molecule has 0 saturated carbocycles. The number of nitrogens with zero attached hydrogens (tertiary/aromatic N) is 2. The van der Waals surface area contributed by atoms with Crippen molar-refractivity contribution in [3.05, 3.63) is 29.8 Å². The van der Waals surface area contributed by atoms with Gasteiger partial charge < -0.3 is 0 Å². The highest BCUT2D eigenvalue weighted by Crippen LogP contribution is 2.20. The van der Waals surface area contributed by atoms with E-state index in [0.29, 0.717) is 0 Å². The summed E-state index contributed by atoms with van der Waals surface area (Å²) in [7, 11) is -2.15. The van der Waals surface area contributed by atoms with Crippen molar-refractivity contribution >= 4 is 10.0 Å². The number of sulfonamides is 1. The highest BCUT2D eigenvalue weighted by Gasteiger charge is 2.29. The fourth-order valence-corrected chi connectivity index (χ4v) is 3.08. The first-order chi connectivity index (χ1) is 8.30. The first-order valence-electron chi connectivity index (χ1n) is 5.75. The van der Waals surface area contributed by atoms with E-state index in [1.54, 1.807) is 24.3 Å². The summed E-state index contributed by atoms with van der Waals surface area (Å²) in [5.74, 6) is -0.0553. The third kappa shape index (κ3) is 2.89. The van der Waals surface area contributed by atoms with Crippen molar-refractivity contribution < 1.29 is 8.42 Å². The van der Waals surface area contributed by atoms with Crippen LogP contribution in [0.3, 0.4) is 0 Å². The lowest BCUT2D eigenvalue weighted by molar-refractivity contribution is 0.353. The Bertz CT molecular complexity index is 541. The van der Waals surface area contributed by atoms with Gasteiger partial charge in [0.05, 0.1) is 11.0 Å². The van der Waals surface area contributed by atoms with Crippen LogP contribution in [0.15, 0.2) is 29.2 Å². The molecule has 1 aromatic carbocycles. The van der Waals surface area contributed by atoms with Crippen LogP contribution in [0.25, 0.3) is 0 Å². The molecule has 1 rings (SSSR count). The summed E-state index contributed by atoms with van der Waals surface area (Å²) in [6.45, 7) is 5.55. The van der Waals surface area contributed by atoms with E-state index in [2.05, 4.69) is 0 Å². The van der Waals surface area contributed by atoms with E-state index in [9.17, 15) is 8.42 Å². The van der Waals surface area contributed by atoms with Gasteiger partial charge in [0.2, 0.25) is 10.0 Å². The molecule has 0 spiro atoms. The van der Waals surface area contributed by atoms with Crippen LogP contribution in [0.5, 0.6) is 0 Å². The van der Waals surface area contributed by atoms with Crippen LogP contribution in [0.1, 0.15) is 19.4 Å². The lowest BCUT2D eigenvalue weighted by Gasteiger charge is -2.24. The molecule has 0 amide bonds. The minimum Gasteiger partial charge on any atom is -0.207 e. The van der Waals surface area contributed by atoms with Gasteiger partial charge in [-0.15, -0.1) is 0 Å². The molecule has 0 saturated heterocycles. The van der Waals surface area contributed by atoms with Crippen LogP contribution in [0.2, 0.25) is 0 Å². The Balaban J connectivity index is 3.15. The fraction of sp³-hybridized carbons (Fsp3) is 0.462. The van der Waals surface area contributed by atoms with Gasteiger partial charge in [0.15, 0.2) is 0 Å². The van der Waals surface area contributed by atoms with Crippen LogP contribution in [-0.2, 0) is 10.0 Å². The van der Waals surface area contributed by atoms with E-state index >= 15 is 0 Å². The maximum atomic E-state index is 12.3. The van der Waals surface area contributed by atoms with Gasteiger partial charge in [-0.3, -0.25) is 0 Å². The van der Waals surface area contributed by atoms with Gasteiger partial charge in [0.1, 0.15) is 6.04 Å². The molecule has 0 bridgehead atoms. The number of nitriles is 1. The van der Waals surface area contributed by atoms with Crippen molar-refractivity contribution in [3.8, 4) is 6.07 Å². The molecule has 0 fully saturated rings. The van der Waals surface area contributed by atoms with Crippen molar-refractivity contribution in [3.63, 3.8) is 0 Å². The van der Waals surface area contributed by atoms with E-state index in [1.807, 2.05) is 26.8 Å². The van der Waals surface area contributed by atoms with Crippen LogP contribution in [0, 0.1) is 24.2 Å². The molecule has 1 aromatic rings. The number of hydrogen-bond donors (Lipinski definition) is 0. The number of hydrogen-bond acceptors (Lipinski definition) is 3. The van der Waals surface area contributed by atoms with E-state index in [1.165, 1.54) is 7.05 Å². The normalized spacial score (nSPS) is 13.6. The molecule has 0 N–H and O–H groups in total. The second kappa shape index (κ2) is 5.51. The summed E-state index contributed by atoms with van der Waals surface area (Å²) < 4.78 is 25.8. The summed E-state index contributed by atoms with van der Waals surface area (Å²) in [6.07, 6.45) is 0. The number of aryl methyl sites for hydroxylation is 1. The molecule has 0 aromatic heterocycles. The largest absolute Gasteiger partial charge is 0.244 e. The number of rotatable bonds is 4. The van der Waals surface area contributed by atoms with E-state index in [0.717, 1.165) is 9.87 Å². The summed E-state index contributed by atoms with van der Waals surface area (Å²) >= 11 is 0. The van der Waals surface area contributed by atoms with Gasteiger partial charge in [0.25, 0.3) is 0 Å². The summed E-state index contributed by atoms with van der Waals surface area (Å²) in [5.41, 5.74) is 0.997. The molecule has 4 nitrogen and oxygen atoms in total. The zero-order chi connectivity index (χ0) is 13.9. The molecule has 0 aliphatic carbocycles. The molecule has 98 valence electrons. The second-order valence-corrected chi connectivity index (χ2v) is 6.65. The smallest absolute Gasteiger partial charge is 0.207 e. The minimum atomic E-state index is -3.60. The molecule has 0 aliphatic rings. The highest BCUT2D eigenvalue weighted by molar-refractivity contribution is 7.89. The third-order valence-electron chi connectivity index (χ3n) is 2.85. The van der Waals surface area contributed by atoms with Crippen molar-refractivity contribution in [2.24, 2.45) is 5.92 Å². The second-order valence-electron chi connectivity index (χ2n) is 4.65. The Hall–Kier alpha value is -1.38. The lowest BCUT2D eigenvalue weighted by Crippen LogP contribution is -2.39. The summed E-state index contributed by atoms with van der Waals surface area (Å²) in [5, 5.41) is 9.07. The molecule has 0 heterocycles. The van der Waals surface area contributed by atoms with Crippen LogP contribution in [0.4, 0.5) is 0 Å². The van der Waals surface area contributed by atoms with Crippen molar-refractivity contribution in [1.29, 1.82) is 5.26 Å². The van der Waals surface area contributed by atoms with Gasteiger partial charge in [0, 0.05) is 7.05 Å². The molecule has 1 unspecified atom stereocenters. The highest BCUT2D eigenvalue weighted by atomic mass is 32.2. The van der Waals surface area contributed by atoms with Crippen molar-refractivity contribution in [2.75, 3.05) is 7.05 Å². The monoisotopic (exact) mass is 266 g/mol. The molecular weight excluding hydrogens is 248 g/mol. The van der Waals surface area contributed by atoms with Gasteiger partial charge in [-0.2, -0.15) is 9.57 Å². The van der Waals surface area contributed by atoms with E-state index in [4.69, 9.17) is 5.26 Å². The maximum absolute atomic E-state index is 12.3. The standard InChI is InChI=1S/C13H18N2O2S/c1-10(2)13(9-14)15(4)18(16,17)12-7-5-11(3)6-8-12/h5-8,10,13H,1-4H3.